The molecule has 0 heterocycles. The quantitative estimate of drug-likeness (QED) is 0.274. The molecule has 0 rings (SSSR count). The van der Waals surface area contributed by atoms with Gasteiger partial charge < -0.3 is 13.8 Å². The van der Waals surface area contributed by atoms with E-state index in [2.05, 4.69) is 26.8 Å². The molecule has 0 aromatic heterocycles. The predicted octanol–water partition coefficient (Wildman–Crippen LogP) is 5.12. The van der Waals surface area contributed by atoms with Crippen molar-refractivity contribution in [3.05, 3.63) is 23.8 Å². The summed E-state index contributed by atoms with van der Waals surface area (Å²) in [5.41, 5.74) is 0.260. The Bertz CT molecular complexity index is 456. The Kier molecular flexibility index (Phi) is 12.0. The summed E-state index contributed by atoms with van der Waals surface area (Å²) < 4.78 is 28.6. The minimum atomic E-state index is -3.59. The fourth-order valence-corrected chi connectivity index (χ4v) is 3.88. The Labute approximate surface area is 147 Å². The van der Waals surface area contributed by atoms with Crippen LogP contribution in [0.4, 0.5) is 0 Å². The highest BCUT2D eigenvalue weighted by molar-refractivity contribution is 7.56. The number of hydrogen-bond donors (Lipinski definition) is 0. The van der Waals surface area contributed by atoms with E-state index in [1.54, 1.807) is 26.8 Å². The monoisotopic (exact) mass is 360 g/mol. The van der Waals surface area contributed by atoms with Crippen molar-refractivity contribution in [2.24, 2.45) is 5.92 Å². The van der Waals surface area contributed by atoms with Gasteiger partial charge >= 0.3 is 13.6 Å². The first kappa shape index (κ1) is 23.1. The highest BCUT2D eigenvalue weighted by Gasteiger charge is 2.40. The van der Waals surface area contributed by atoms with Crippen LogP contribution in [-0.2, 0) is 23.1 Å². The lowest BCUT2D eigenvalue weighted by molar-refractivity contribution is -0.142. The van der Waals surface area contributed by atoms with E-state index in [1.165, 1.54) is 5.57 Å². The van der Waals surface area contributed by atoms with Gasteiger partial charge in [-0.15, -0.1) is 0 Å². The highest BCUT2D eigenvalue weighted by atomic mass is 31.2. The molecule has 0 saturated heterocycles. The third kappa shape index (κ3) is 8.81. The zero-order valence-corrected chi connectivity index (χ0v) is 16.8. The van der Waals surface area contributed by atoms with Crippen molar-refractivity contribution in [2.75, 3.05) is 19.8 Å². The minimum absolute atomic E-state index is 0.206. The predicted molar refractivity (Wildman–Crippen MR) is 98.2 cm³/mol. The maximum Gasteiger partial charge on any atom is 0.348 e. The Morgan fingerprint density at radius 2 is 1.62 bits per heavy atom. The lowest BCUT2D eigenvalue weighted by atomic mass is 10.0. The third-order valence-electron chi connectivity index (χ3n) is 3.28. The van der Waals surface area contributed by atoms with Gasteiger partial charge in [0.2, 0.25) is 0 Å². The van der Waals surface area contributed by atoms with Gasteiger partial charge in [0.25, 0.3) is 0 Å². The molecule has 0 aromatic rings. The first-order chi connectivity index (χ1) is 11.3. The molecule has 0 bridgehead atoms. The van der Waals surface area contributed by atoms with Gasteiger partial charge in [-0.25, -0.2) is 0 Å². The van der Waals surface area contributed by atoms with Crippen LogP contribution in [0.3, 0.4) is 0 Å². The van der Waals surface area contributed by atoms with Crippen LogP contribution in [-0.4, -0.2) is 31.4 Å². The molecule has 6 heteroatoms. The van der Waals surface area contributed by atoms with Crippen LogP contribution in [0, 0.1) is 5.92 Å². The molecule has 2 unspecified atom stereocenters. The smallest absolute Gasteiger partial charge is 0.348 e. The number of ether oxygens (including phenoxy) is 1. The molecule has 2 atom stereocenters. The van der Waals surface area contributed by atoms with Crippen LogP contribution in [0.2, 0.25) is 0 Å². The van der Waals surface area contributed by atoms with Gasteiger partial charge in [-0.05, 0) is 53.4 Å². The van der Waals surface area contributed by atoms with Crippen molar-refractivity contribution in [2.45, 2.75) is 60.0 Å². The molecule has 0 aliphatic rings. The molecule has 0 aliphatic heterocycles. The molecular weight excluding hydrogens is 327 g/mol. The summed E-state index contributed by atoms with van der Waals surface area (Å²) in [4.78, 5) is 12.2. The first-order valence-electron chi connectivity index (χ1n) is 8.67. The molecule has 0 N–H and O–H groups in total. The van der Waals surface area contributed by atoms with Gasteiger partial charge in [0.15, 0.2) is 5.66 Å². The minimum Gasteiger partial charge on any atom is -0.465 e. The lowest BCUT2D eigenvalue weighted by Gasteiger charge is -2.23. The summed E-state index contributed by atoms with van der Waals surface area (Å²) in [7, 11) is -3.59. The van der Waals surface area contributed by atoms with Crippen molar-refractivity contribution in [1.82, 2.24) is 0 Å². The van der Waals surface area contributed by atoms with Crippen molar-refractivity contribution >= 4 is 13.6 Å². The van der Waals surface area contributed by atoms with Crippen LogP contribution < -0.4 is 0 Å². The fourth-order valence-electron chi connectivity index (χ4n) is 2.12. The SMILES string of the molecule is CCOC(=O)C(/C=C/C(C)CCC=C(C)C)P(=O)(OCC)OCC. The highest BCUT2D eigenvalue weighted by Crippen LogP contribution is 2.54. The largest absolute Gasteiger partial charge is 0.465 e. The molecule has 24 heavy (non-hydrogen) atoms. The van der Waals surface area contributed by atoms with Gasteiger partial charge in [0.05, 0.1) is 19.8 Å². The van der Waals surface area contributed by atoms with Gasteiger partial charge in [-0.2, -0.15) is 0 Å². The Balaban J connectivity index is 5.19. The number of carbonyl (C=O) groups is 1. The van der Waals surface area contributed by atoms with E-state index in [0.29, 0.717) is 0 Å². The van der Waals surface area contributed by atoms with E-state index in [4.69, 9.17) is 13.8 Å². The number of carbonyl (C=O) groups excluding carboxylic acids is 1. The average Bonchev–Trinajstić information content (AvgIpc) is 2.47. The van der Waals surface area contributed by atoms with E-state index in [1.807, 2.05) is 6.08 Å². The van der Waals surface area contributed by atoms with Crippen molar-refractivity contribution < 1.29 is 23.1 Å². The lowest BCUT2D eigenvalue weighted by Crippen LogP contribution is -2.24. The summed E-state index contributed by atoms with van der Waals surface area (Å²) in [6.07, 6.45) is 7.61. The molecule has 140 valence electrons. The second kappa shape index (κ2) is 12.5. The molecule has 0 radical (unpaired) electrons. The van der Waals surface area contributed by atoms with Crippen molar-refractivity contribution in [3.63, 3.8) is 0 Å². The maximum atomic E-state index is 12.9. The Hall–Kier alpha value is -0.900. The van der Waals surface area contributed by atoms with Crippen LogP contribution >= 0.6 is 7.60 Å². The van der Waals surface area contributed by atoms with Crippen LogP contribution in [0.1, 0.15) is 54.4 Å². The Morgan fingerprint density at radius 3 is 2.08 bits per heavy atom. The summed E-state index contributed by atoms with van der Waals surface area (Å²) in [6, 6.07) is 0. The molecule has 5 nitrogen and oxygen atoms in total. The first-order valence-corrected chi connectivity index (χ1v) is 10.3. The standard InChI is InChI=1S/C18H33O5P/c1-7-21-18(19)17(24(20,22-8-2)23-9-3)14-13-16(6)12-10-11-15(4)5/h11,13-14,16-17H,7-10,12H2,1-6H3/b14-13+. The van der Waals surface area contributed by atoms with Crippen LogP contribution in [0.5, 0.6) is 0 Å². The van der Waals surface area contributed by atoms with E-state index >= 15 is 0 Å². The number of rotatable bonds is 12. The summed E-state index contributed by atoms with van der Waals surface area (Å²) >= 11 is 0. The van der Waals surface area contributed by atoms with Crippen molar-refractivity contribution in [1.29, 1.82) is 0 Å². The third-order valence-corrected chi connectivity index (χ3v) is 5.58. The average molecular weight is 360 g/mol. The van der Waals surface area contributed by atoms with Gasteiger partial charge in [0.1, 0.15) is 0 Å². The maximum absolute atomic E-state index is 12.9. The second-order valence-electron chi connectivity index (χ2n) is 5.79. The van der Waals surface area contributed by atoms with E-state index in [0.717, 1.165) is 12.8 Å². The Morgan fingerprint density at radius 1 is 1.04 bits per heavy atom. The zero-order valence-electron chi connectivity index (χ0n) is 15.9. The van der Waals surface area contributed by atoms with E-state index in [9.17, 15) is 9.36 Å². The number of allylic oxidation sites excluding steroid dienone is 3. The summed E-state index contributed by atoms with van der Waals surface area (Å²) in [5.74, 6) is -0.329. The molecule has 0 fully saturated rings. The summed E-state index contributed by atoms with van der Waals surface area (Å²) in [6.45, 7) is 12.0. The normalized spacial score (nSPS) is 14.4. The van der Waals surface area contributed by atoms with Gasteiger partial charge in [0, 0.05) is 0 Å². The second-order valence-corrected chi connectivity index (χ2v) is 7.95. The fraction of sp³-hybridized carbons (Fsp3) is 0.722. The number of hydrogen-bond acceptors (Lipinski definition) is 5. The van der Waals surface area contributed by atoms with E-state index < -0.39 is 19.2 Å². The van der Waals surface area contributed by atoms with Gasteiger partial charge in [-0.1, -0.05) is 30.7 Å². The van der Waals surface area contributed by atoms with Crippen LogP contribution in [0.25, 0.3) is 0 Å². The van der Waals surface area contributed by atoms with Crippen molar-refractivity contribution in [3.8, 4) is 0 Å². The summed E-state index contributed by atoms with van der Waals surface area (Å²) in [5, 5.41) is 0. The molecule has 0 amide bonds. The molecular formula is C18H33O5P. The topological polar surface area (TPSA) is 61.8 Å². The molecule has 0 aromatic carbocycles. The van der Waals surface area contributed by atoms with Gasteiger partial charge in [-0.3, -0.25) is 9.36 Å². The van der Waals surface area contributed by atoms with Crippen LogP contribution in [0.15, 0.2) is 23.8 Å². The molecule has 0 spiro atoms. The zero-order chi connectivity index (χ0) is 18.6. The van der Waals surface area contributed by atoms with E-state index in [-0.39, 0.29) is 25.7 Å². The molecule has 0 aliphatic carbocycles. The number of esters is 1. The molecule has 0 saturated carbocycles.